The van der Waals surface area contributed by atoms with Gasteiger partial charge in [-0.25, -0.2) is 17.9 Å². The fraction of sp³-hybridized carbons (Fsp3) is 0.412. The highest BCUT2D eigenvalue weighted by molar-refractivity contribution is 6.54. The van der Waals surface area contributed by atoms with Crippen LogP contribution in [0.25, 0.3) is 6.08 Å². The van der Waals surface area contributed by atoms with Crippen LogP contribution in [-0.4, -0.2) is 33.3 Å². The average Bonchev–Trinajstić information content (AvgIpc) is 3.00. The normalized spacial score (nSPS) is 19.2. The summed E-state index contributed by atoms with van der Waals surface area (Å²) in [5, 5.41) is 7.68. The van der Waals surface area contributed by atoms with E-state index in [0.29, 0.717) is 5.56 Å². The molecule has 2 heterocycles. The molecule has 1 aliphatic rings. The molecule has 0 aliphatic carbocycles. The van der Waals surface area contributed by atoms with E-state index in [1.54, 1.807) is 0 Å². The first-order valence-electron chi connectivity index (χ1n) is 8.13. The van der Waals surface area contributed by atoms with Crippen molar-refractivity contribution in [2.45, 2.75) is 45.4 Å². The van der Waals surface area contributed by atoms with Crippen molar-refractivity contribution < 1.29 is 22.5 Å². The molecule has 1 aliphatic heterocycles. The molecule has 1 fully saturated rings. The number of rotatable bonds is 4. The smallest absolute Gasteiger partial charge is 0.398 e. The first-order chi connectivity index (χ1) is 12.1. The zero-order chi connectivity index (χ0) is 19.1. The zero-order valence-electron chi connectivity index (χ0n) is 15.0. The molecular formula is C17H19BF3N3O2. The van der Waals surface area contributed by atoms with Crippen molar-refractivity contribution in [3.63, 3.8) is 0 Å². The number of hydrogen-bond donors (Lipinski definition) is 0. The molecule has 0 amide bonds. The highest BCUT2D eigenvalue weighted by Gasteiger charge is 2.53. The van der Waals surface area contributed by atoms with E-state index in [-0.39, 0.29) is 12.2 Å². The minimum atomic E-state index is -1.12. The second kappa shape index (κ2) is 6.55. The molecule has 0 N–H and O–H groups in total. The number of hydrogen-bond acceptors (Lipinski definition) is 4. The van der Waals surface area contributed by atoms with Crippen LogP contribution in [0.5, 0.6) is 0 Å². The van der Waals surface area contributed by atoms with Gasteiger partial charge in [0.1, 0.15) is 23.1 Å². The van der Waals surface area contributed by atoms with Crippen LogP contribution < -0.4 is 0 Å². The maximum absolute atomic E-state index is 14.5. The van der Waals surface area contributed by atoms with Crippen molar-refractivity contribution in [1.29, 1.82) is 0 Å². The maximum Gasteiger partial charge on any atom is 0.525 e. The molecule has 0 atom stereocenters. The van der Waals surface area contributed by atoms with Crippen LogP contribution in [0.3, 0.4) is 0 Å². The van der Waals surface area contributed by atoms with E-state index in [2.05, 4.69) is 10.3 Å². The molecule has 3 rings (SSSR count). The van der Waals surface area contributed by atoms with E-state index in [1.165, 1.54) is 23.0 Å². The molecule has 9 heteroatoms. The summed E-state index contributed by atoms with van der Waals surface area (Å²) in [5.41, 5.74) is -1.31. The van der Waals surface area contributed by atoms with Gasteiger partial charge in [-0.2, -0.15) is 0 Å². The van der Waals surface area contributed by atoms with Crippen molar-refractivity contribution in [2.24, 2.45) is 0 Å². The molecule has 2 aromatic rings. The van der Waals surface area contributed by atoms with Crippen LogP contribution >= 0.6 is 0 Å². The predicted molar refractivity (Wildman–Crippen MR) is 90.6 cm³/mol. The summed E-state index contributed by atoms with van der Waals surface area (Å²) in [6, 6.07) is 3.19. The average molecular weight is 365 g/mol. The standard InChI is InChI=1S/C17H19BF3N3O2/c1-16(2)17(3,4)26-18(25-16)15(21)8-14-10-24(23-22-14)9-11-5-12(19)7-13(20)6-11/h5-8,10H,9H2,1-4H3. The Bertz CT molecular complexity index is 815. The lowest BCUT2D eigenvalue weighted by atomic mass is 9.87. The van der Waals surface area contributed by atoms with Gasteiger partial charge in [0.15, 0.2) is 0 Å². The Balaban J connectivity index is 1.73. The summed E-state index contributed by atoms with van der Waals surface area (Å²) in [5.74, 6) is -1.35. The Morgan fingerprint density at radius 2 is 1.69 bits per heavy atom. The Morgan fingerprint density at radius 1 is 1.12 bits per heavy atom. The molecule has 1 aromatic heterocycles. The van der Waals surface area contributed by atoms with Crippen LogP contribution in [-0.2, 0) is 15.9 Å². The van der Waals surface area contributed by atoms with E-state index in [4.69, 9.17) is 9.31 Å². The van der Waals surface area contributed by atoms with Gasteiger partial charge in [-0.3, -0.25) is 0 Å². The predicted octanol–water partition coefficient (Wildman–Crippen LogP) is 3.55. The van der Waals surface area contributed by atoms with E-state index >= 15 is 0 Å². The minimum absolute atomic E-state index is 0.105. The van der Waals surface area contributed by atoms with Crippen molar-refractivity contribution in [1.82, 2.24) is 15.0 Å². The van der Waals surface area contributed by atoms with Gasteiger partial charge in [0.25, 0.3) is 0 Å². The van der Waals surface area contributed by atoms with Crippen LogP contribution in [0.1, 0.15) is 39.0 Å². The molecule has 0 saturated carbocycles. The van der Waals surface area contributed by atoms with Crippen molar-refractivity contribution in [2.75, 3.05) is 0 Å². The van der Waals surface area contributed by atoms with Gasteiger partial charge >= 0.3 is 7.12 Å². The number of nitrogens with zero attached hydrogens (tertiary/aromatic N) is 3. The minimum Gasteiger partial charge on any atom is -0.398 e. The monoisotopic (exact) mass is 365 g/mol. The molecule has 26 heavy (non-hydrogen) atoms. The van der Waals surface area contributed by atoms with E-state index in [0.717, 1.165) is 12.1 Å². The van der Waals surface area contributed by atoms with Gasteiger partial charge in [0.2, 0.25) is 0 Å². The lowest BCUT2D eigenvalue weighted by molar-refractivity contribution is 0.00578. The van der Waals surface area contributed by atoms with Gasteiger partial charge in [-0.05, 0) is 51.5 Å². The Hall–Kier alpha value is -2.13. The Labute approximate surface area is 149 Å². The topological polar surface area (TPSA) is 49.2 Å². The number of aromatic nitrogens is 3. The number of halogens is 3. The molecule has 0 bridgehead atoms. The highest BCUT2D eigenvalue weighted by atomic mass is 19.1. The van der Waals surface area contributed by atoms with Crippen LogP contribution in [0.15, 0.2) is 30.1 Å². The third-order valence-corrected chi connectivity index (χ3v) is 4.59. The van der Waals surface area contributed by atoms with E-state index in [1.807, 2.05) is 27.7 Å². The van der Waals surface area contributed by atoms with Gasteiger partial charge < -0.3 is 9.31 Å². The van der Waals surface area contributed by atoms with Gasteiger partial charge in [0, 0.05) is 6.07 Å². The third kappa shape index (κ3) is 3.83. The van der Waals surface area contributed by atoms with E-state index < -0.39 is 35.7 Å². The zero-order valence-corrected chi connectivity index (χ0v) is 15.0. The second-order valence-corrected chi connectivity index (χ2v) is 7.24. The van der Waals surface area contributed by atoms with Crippen LogP contribution in [0.4, 0.5) is 13.2 Å². The summed E-state index contributed by atoms with van der Waals surface area (Å²) < 4.78 is 53.5. The summed E-state index contributed by atoms with van der Waals surface area (Å²) >= 11 is 0. The fourth-order valence-electron chi connectivity index (χ4n) is 2.51. The van der Waals surface area contributed by atoms with Crippen molar-refractivity contribution >= 4 is 13.2 Å². The first-order valence-corrected chi connectivity index (χ1v) is 8.13. The van der Waals surface area contributed by atoms with Crippen molar-refractivity contribution in [3.8, 4) is 0 Å². The molecule has 1 saturated heterocycles. The van der Waals surface area contributed by atoms with Crippen molar-refractivity contribution in [3.05, 3.63) is 53.0 Å². The van der Waals surface area contributed by atoms with Crippen LogP contribution in [0, 0.1) is 11.6 Å². The van der Waals surface area contributed by atoms with E-state index in [9.17, 15) is 13.2 Å². The maximum atomic E-state index is 14.5. The third-order valence-electron chi connectivity index (χ3n) is 4.59. The summed E-state index contributed by atoms with van der Waals surface area (Å²) in [6.45, 7) is 7.42. The number of benzene rings is 1. The quantitative estimate of drug-likeness (QED) is 0.778. The van der Waals surface area contributed by atoms with Gasteiger partial charge in [0.05, 0.1) is 23.9 Å². The summed E-state index contributed by atoms with van der Waals surface area (Å²) in [7, 11) is -1.12. The van der Waals surface area contributed by atoms with Crippen LogP contribution in [0.2, 0.25) is 0 Å². The molecule has 0 unspecified atom stereocenters. The Kier molecular flexibility index (Phi) is 4.70. The molecule has 138 valence electrons. The molecule has 0 radical (unpaired) electrons. The van der Waals surface area contributed by atoms with Gasteiger partial charge in [-0.15, -0.1) is 5.10 Å². The molecule has 0 spiro atoms. The molecular weight excluding hydrogens is 346 g/mol. The lowest BCUT2D eigenvalue weighted by Crippen LogP contribution is -2.41. The summed E-state index contributed by atoms with van der Waals surface area (Å²) in [4.78, 5) is 0. The Morgan fingerprint density at radius 3 is 2.27 bits per heavy atom. The summed E-state index contributed by atoms with van der Waals surface area (Å²) in [6.07, 6.45) is 2.63. The molecule has 5 nitrogen and oxygen atoms in total. The highest BCUT2D eigenvalue weighted by Crippen LogP contribution is 2.38. The largest absolute Gasteiger partial charge is 0.525 e. The lowest BCUT2D eigenvalue weighted by Gasteiger charge is -2.32. The fourth-order valence-corrected chi connectivity index (χ4v) is 2.51. The van der Waals surface area contributed by atoms with Gasteiger partial charge in [-0.1, -0.05) is 5.21 Å². The first kappa shape index (κ1) is 18.7. The SMILES string of the molecule is CC1(C)OB(C(F)=Cc2cn(Cc3cc(F)cc(F)c3)nn2)OC1(C)C. The second-order valence-electron chi connectivity index (χ2n) is 7.24. The molecule has 1 aromatic carbocycles.